The molecule has 0 aromatic carbocycles. The molecule has 0 amide bonds. The largest absolute Gasteiger partial charge is 0.312 e. The molecule has 0 saturated heterocycles. The zero-order valence-corrected chi connectivity index (χ0v) is 10.5. The van der Waals surface area contributed by atoms with Crippen LogP contribution in [-0.4, -0.2) is 28.2 Å². The fourth-order valence-corrected chi connectivity index (χ4v) is 1.94. The number of hydrogen-bond acceptors (Lipinski definition) is 2. The van der Waals surface area contributed by atoms with Gasteiger partial charge in [-0.15, -0.1) is 11.6 Å². The summed E-state index contributed by atoms with van der Waals surface area (Å²) in [7, 11) is 1.94. The van der Waals surface area contributed by atoms with Crippen molar-refractivity contribution in [1.82, 2.24) is 15.1 Å². The minimum Gasteiger partial charge on any atom is -0.312 e. The normalized spacial score (nSPS) is 13.4. The molecule has 4 heteroatoms. The van der Waals surface area contributed by atoms with Crippen LogP contribution in [-0.2, 0) is 13.5 Å². The highest BCUT2D eigenvalue weighted by atomic mass is 35.5. The lowest BCUT2D eigenvalue weighted by Gasteiger charge is -2.19. The fourth-order valence-electron chi connectivity index (χ4n) is 1.47. The van der Waals surface area contributed by atoms with Crippen molar-refractivity contribution < 1.29 is 0 Å². The molecule has 3 nitrogen and oxygen atoms in total. The monoisotopic (exact) mass is 229 g/mol. The van der Waals surface area contributed by atoms with Crippen molar-refractivity contribution in [2.75, 3.05) is 12.4 Å². The number of halogens is 1. The number of aryl methyl sites for hydroxylation is 1. The summed E-state index contributed by atoms with van der Waals surface area (Å²) in [5.41, 5.74) is 1.27. The molecule has 1 rings (SSSR count). The van der Waals surface area contributed by atoms with Gasteiger partial charge in [0, 0.05) is 25.2 Å². The number of nitrogens with zero attached hydrogens (tertiary/aromatic N) is 2. The standard InChI is InChI=1S/C11H20ClN3/c1-9(2)11(6-12)13-5-4-10-7-14-15(3)8-10/h7-9,11,13H,4-6H2,1-3H3. The van der Waals surface area contributed by atoms with Gasteiger partial charge < -0.3 is 5.32 Å². The van der Waals surface area contributed by atoms with E-state index >= 15 is 0 Å². The number of rotatable bonds is 6. The van der Waals surface area contributed by atoms with Gasteiger partial charge in [0.2, 0.25) is 0 Å². The van der Waals surface area contributed by atoms with Gasteiger partial charge in [0.05, 0.1) is 6.20 Å². The van der Waals surface area contributed by atoms with E-state index in [9.17, 15) is 0 Å². The average molecular weight is 230 g/mol. The van der Waals surface area contributed by atoms with Crippen LogP contribution in [0.1, 0.15) is 19.4 Å². The minimum absolute atomic E-state index is 0.406. The van der Waals surface area contributed by atoms with Crippen molar-refractivity contribution in [3.8, 4) is 0 Å². The first kappa shape index (κ1) is 12.5. The maximum absolute atomic E-state index is 5.87. The zero-order valence-electron chi connectivity index (χ0n) is 9.70. The average Bonchev–Trinajstić information content (AvgIpc) is 2.58. The summed E-state index contributed by atoms with van der Waals surface area (Å²) in [4.78, 5) is 0. The van der Waals surface area contributed by atoms with Crippen LogP contribution in [0.3, 0.4) is 0 Å². The Balaban J connectivity index is 2.26. The van der Waals surface area contributed by atoms with Crippen LogP contribution in [0.2, 0.25) is 0 Å². The van der Waals surface area contributed by atoms with Gasteiger partial charge in [-0.25, -0.2) is 0 Å². The summed E-state index contributed by atoms with van der Waals surface area (Å²) in [5.74, 6) is 1.25. The van der Waals surface area contributed by atoms with Crippen molar-refractivity contribution in [2.45, 2.75) is 26.3 Å². The van der Waals surface area contributed by atoms with Gasteiger partial charge in [-0.1, -0.05) is 13.8 Å². The molecule has 0 radical (unpaired) electrons. The van der Waals surface area contributed by atoms with Crippen LogP contribution in [0.4, 0.5) is 0 Å². The Bertz CT molecular complexity index is 283. The van der Waals surface area contributed by atoms with Gasteiger partial charge in [0.15, 0.2) is 0 Å². The van der Waals surface area contributed by atoms with E-state index in [1.807, 2.05) is 24.1 Å². The number of aromatic nitrogens is 2. The molecule has 1 heterocycles. The first-order chi connectivity index (χ1) is 7.13. The van der Waals surface area contributed by atoms with E-state index in [0.29, 0.717) is 17.8 Å². The molecule has 0 aliphatic carbocycles. The summed E-state index contributed by atoms with van der Waals surface area (Å²) in [6.07, 6.45) is 4.97. The van der Waals surface area contributed by atoms with Gasteiger partial charge in [0.1, 0.15) is 0 Å². The maximum Gasteiger partial charge on any atom is 0.0522 e. The van der Waals surface area contributed by atoms with Gasteiger partial charge in [-0.3, -0.25) is 4.68 Å². The summed E-state index contributed by atoms with van der Waals surface area (Å²) < 4.78 is 1.83. The molecule has 0 aliphatic heterocycles. The molecule has 0 spiro atoms. The van der Waals surface area contributed by atoms with E-state index in [2.05, 4.69) is 24.3 Å². The summed E-state index contributed by atoms with van der Waals surface area (Å²) in [6, 6.07) is 0.406. The van der Waals surface area contributed by atoms with Crippen LogP contribution in [0.25, 0.3) is 0 Å². The molecule has 1 aromatic rings. The second-order valence-corrected chi connectivity index (χ2v) is 4.54. The topological polar surface area (TPSA) is 29.9 Å². The molecular formula is C11H20ClN3. The quantitative estimate of drug-likeness (QED) is 0.755. The van der Waals surface area contributed by atoms with E-state index in [1.165, 1.54) is 5.56 Å². The van der Waals surface area contributed by atoms with E-state index in [-0.39, 0.29) is 0 Å². The van der Waals surface area contributed by atoms with E-state index < -0.39 is 0 Å². The highest BCUT2D eigenvalue weighted by Crippen LogP contribution is 2.04. The predicted octanol–water partition coefficient (Wildman–Crippen LogP) is 1.82. The molecule has 0 bridgehead atoms. The van der Waals surface area contributed by atoms with Crippen molar-refractivity contribution >= 4 is 11.6 Å². The molecule has 0 saturated carbocycles. The van der Waals surface area contributed by atoms with Gasteiger partial charge in [-0.2, -0.15) is 5.10 Å². The second-order valence-electron chi connectivity index (χ2n) is 4.23. The Kier molecular flexibility index (Phi) is 5.12. The minimum atomic E-state index is 0.406. The van der Waals surface area contributed by atoms with Crippen molar-refractivity contribution in [3.63, 3.8) is 0 Å². The van der Waals surface area contributed by atoms with Gasteiger partial charge in [0.25, 0.3) is 0 Å². The van der Waals surface area contributed by atoms with Crippen molar-refractivity contribution in [1.29, 1.82) is 0 Å². The molecule has 86 valence electrons. The first-order valence-electron chi connectivity index (χ1n) is 5.40. The van der Waals surface area contributed by atoms with Crippen LogP contribution < -0.4 is 5.32 Å². The lowest BCUT2D eigenvalue weighted by molar-refractivity contribution is 0.434. The van der Waals surface area contributed by atoms with Crippen molar-refractivity contribution in [3.05, 3.63) is 18.0 Å². The number of nitrogens with one attached hydrogen (secondary N) is 1. The molecule has 15 heavy (non-hydrogen) atoms. The number of hydrogen-bond donors (Lipinski definition) is 1. The SMILES string of the molecule is CC(C)C(CCl)NCCc1cnn(C)c1. The van der Waals surface area contributed by atoms with Crippen LogP contribution in [0, 0.1) is 5.92 Å². The fraction of sp³-hybridized carbons (Fsp3) is 0.727. The Morgan fingerprint density at radius 3 is 2.73 bits per heavy atom. The molecule has 1 N–H and O–H groups in total. The van der Waals surface area contributed by atoms with Gasteiger partial charge in [-0.05, 0) is 24.4 Å². The Morgan fingerprint density at radius 2 is 2.27 bits per heavy atom. The predicted molar refractivity (Wildman–Crippen MR) is 64.3 cm³/mol. The maximum atomic E-state index is 5.87. The lowest BCUT2D eigenvalue weighted by Crippen LogP contribution is -2.36. The summed E-state index contributed by atoms with van der Waals surface area (Å²) in [6.45, 7) is 5.33. The second kappa shape index (κ2) is 6.13. The third kappa shape index (κ3) is 4.22. The third-order valence-corrected chi connectivity index (χ3v) is 2.88. The first-order valence-corrected chi connectivity index (χ1v) is 5.93. The molecule has 0 fully saturated rings. The van der Waals surface area contributed by atoms with E-state index in [0.717, 1.165) is 13.0 Å². The number of alkyl halides is 1. The van der Waals surface area contributed by atoms with Crippen LogP contribution >= 0.6 is 11.6 Å². The summed E-state index contributed by atoms with van der Waals surface area (Å²) in [5, 5.41) is 7.59. The van der Waals surface area contributed by atoms with Crippen molar-refractivity contribution in [2.24, 2.45) is 13.0 Å². The third-order valence-electron chi connectivity index (χ3n) is 2.55. The zero-order chi connectivity index (χ0) is 11.3. The molecular weight excluding hydrogens is 210 g/mol. The lowest BCUT2D eigenvalue weighted by atomic mass is 10.1. The smallest absolute Gasteiger partial charge is 0.0522 e. The van der Waals surface area contributed by atoms with Crippen LogP contribution in [0.5, 0.6) is 0 Å². The summed E-state index contributed by atoms with van der Waals surface area (Å²) >= 11 is 5.87. The highest BCUT2D eigenvalue weighted by molar-refractivity contribution is 6.18. The van der Waals surface area contributed by atoms with E-state index in [1.54, 1.807) is 0 Å². The molecule has 1 unspecified atom stereocenters. The van der Waals surface area contributed by atoms with Gasteiger partial charge >= 0.3 is 0 Å². The highest BCUT2D eigenvalue weighted by Gasteiger charge is 2.10. The Morgan fingerprint density at radius 1 is 1.53 bits per heavy atom. The Labute approximate surface area is 96.8 Å². The van der Waals surface area contributed by atoms with Crippen LogP contribution in [0.15, 0.2) is 12.4 Å². The van der Waals surface area contributed by atoms with E-state index in [4.69, 9.17) is 11.6 Å². The molecule has 1 aromatic heterocycles. The molecule has 0 aliphatic rings. The molecule has 1 atom stereocenters. The Hall–Kier alpha value is -0.540.